The second-order valence-corrected chi connectivity index (χ2v) is 7.71. The summed E-state index contributed by atoms with van der Waals surface area (Å²) in [6.45, 7) is -0.411. The Hall–Kier alpha value is -3.01. The predicted octanol–water partition coefficient (Wildman–Crippen LogP) is 4.92. The number of hydrogen-bond donors (Lipinski definition) is 1. The number of pyridine rings is 1. The number of aliphatic hydroxyl groups excluding tert-OH is 1. The monoisotopic (exact) mass is 454 g/mol. The molecule has 32 heavy (non-hydrogen) atoms. The van der Waals surface area contributed by atoms with Gasteiger partial charge in [0.2, 0.25) is 0 Å². The Morgan fingerprint density at radius 2 is 1.88 bits per heavy atom. The van der Waals surface area contributed by atoms with Gasteiger partial charge in [-0.25, -0.2) is 8.78 Å². The minimum absolute atomic E-state index is 0.0736. The van der Waals surface area contributed by atoms with Crippen molar-refractivity contribution in [3.63, 3.8) is 0 Å². The molecule has 1 aromatic carbocycles. The number of furan rings is 1. The molecule has 0 radical (unpaired) electrons. The minimum atomic E-state index is -4.67. The first-order valence-electron chi connectivity index (χ1n) is 9.95. The molecule has 10 heteroatoms. The number of likely N-dealkylation sites (tertiary alicyclic amines) is 1. The number of aromatic nitrogens is 1. The average molecular weight is 454 g/mol. The molecule has 0 atom stereocenters. The third-order valence-electron chi connectivity index (χ3n) is 5.42. The van der Waals surface area contributed by atoms with Gasteiger partial charge in [-0.3, -0.25) is 9.78 Å². The van der Waals surface area contributed by atoms with Crippen molar-refractivity contribution in [2.45, 2.75) is 31.4 Å². The van der Waals surface area contributed by atoms with E-state index in [0.717, 1.165) is 6.07 Å². The van der Waals surface area contributed by atoms with E-state index >= 15 is 0 Å². The molecule has 0 saturated carbocycles. The molecule has 4 rings (SSSR count). The maximum absolute atomic E-state index is 13.6. The van der Waals surface area contributed by atoms with Crippen molar-refractivity contribution in [3.8, 4) is 11.3 Å². The third-order valence-corrected chi connectivity index (χ3v) is 5.42. The first-order valence-corrected chi connectivity index (χ1v) is 9.95. The van der Waals surface area contributed by atoms with E-state index in [9.17, 15) is 26.7 Å². The maximum atomic E-state index is 13.6. The minimum Gasteiger partial charge on any atom is -0.460 e. The van der Waals surface area contributed by atoms with Crippen molar-refractivity contribution >= 4 is 16.9 Å². The fourth-order valence-corrected chi connectivity index (χ4v) is 3.71. The number of aliphatic hydroxyl groups is 1. The van der Waals surface area contributed by atoms with Crippen LogP contribution in [-0.4, -0.2) is 46.5 Å². The van der Waals surface area contributed by atoms with E-state index in [4.69, 9.17) is 9.52 Å². The van der Waals surface area contributed by atoms with Crippen LogP contribution < -0.4 is 0 Å². The van der Waals surface area contributed by atoms with Crippen LogP contribution in [0.15, 0.2) is 40.9 Å². The molecule has 170 valence electrons. The van der Waals surface area contributed by atoms with Crippen LogP contribution in [0.2, 0.25) is 0 Å². The second-order valence-electron chi connectivity index (χ2n) is 7.71. The third kappa shape index (κ3) is 4.45. The summed E-state index contributed by atoms with van der Waals surface area (Å²) >= 11 is 0. The molecule has 0 unspecified atom stereocenters. The van der Waals surface area contributed by atoms with E-state index in [2.05, 4.69) is 4.98 Å². The molecule has 3 heterocycles. The fourth-order valence-electron chi connectivity index (χ4n) is 3.71. The normalized spacial score (nSPS) is 16.5. The Kier molecular flexibility index (Phi) is 5.66. The molecule has 0 bridgehead atoms. The van der Waals surface area contributed by atoms with E-state index in [0.29, 0.717) is 0 Å². The maximum Gasteiger partial charge on any atom is 0.420 e. The van der Waals surface area contributed by atoms with Crippen molar-refractivity contribution in [3.05, 3.63) is 53.4 Å². The highest BCUT2D eigenvalue weighted by atomic mass is 19.4. The van der Waals surface area contributed by atoms with Crippen molar-refractivity contribution in [2.24, 2.45) is 0 Å². The predicted molar refractivity (Wildman–Crippen MR) is 105 cm³/mol. The molecule has 1 amide bonds. The fraction of sp³-hybridized carbons (Fsp3) is 0.364. The van der Waals surface area contributed by atoms with E-state index in [1.807, 2.05) is 0 Å². The second kappa shape index (κ2) is 8.16. The van der Waals surface area contributed by atoms with Gasteiger partial charge in [-0.15, -0.1) is 0 Å². The van der Waals surface area contributed by atoms with Crippen LogP contribution in [0.4, 0.5) is 22.0 Å². The van der Waals surface area contributed by atoms with Gasteiger partial charge < -0.3 is 14.4 Å². The van der Waals surface area contributed by atoms with Gasteiger partial charge in [0, 0.05) is 49.5 Å². The van der Waals surface area contributed by atoms with Crippen LogP contribution in [0.3, 0.4) is 0 Å². The zero-order valence-electron chi connectivity index (χ0n) is 16.8. The molecule has 3 aromatic rings. The molecular formula is C22H19F5N2O3. The van der Waals surface area contributed by atoms with Gasteiger partial charge in [0.25, 0.3) is 11.8 Å². The smallest absolute Gasteiger partial charge is 0.420 e. The van der Waals surface area contributed by atoms with Gasteiger partial charge in [0.05, 0.1) is 23.4 Å². The lowest BCUT2D eigenvalue weighted by molar-refractivity contribution is -0.136. The molecule has 5 nitrogen and oxygen atoms in total. The lowest BCUT2D eigenvalue weighted by atomic mass is 10.0. The molecule has 1 saturated heterocycles. The van der Waals surface area contributed by atoms with Gasteiger partial charge in [-0.1, -0.05) is 0 Å². The topological polar surface area (TPSA) is 66.6 Å². The van der Waals surface area contributed by atoms with E-state index in [-0.39, 0.29) is 59.7 Å². The lowest BCUT2D eigenvalue weighted by Gasteiger charge is -2.31. The molecule has 1 N–H and O–H groups in total. The van der Waals surface area contributed by atoms with Gasteiger partial charge in [0.1, 0.15) is 11.3 Å². The summed E-state index contributed by atoms with van der Waals surface area (Å²) in [5.41, 5.74) is -0.727. The number of hydrogen-bond acceptors (Lipinski definition) is 4. The number of carbonyl (C=O) groups excluding carboxylic acids is 1. The molecular weight excluding hydrogens is 435 g/mol. The van der Waals surface area contributed by atoms with Crippen LogP contribution in [0.25, 0.3) is 22.2 Å². The van der Waals surface area contributed by atoms with Gasteiger partial charge in [-0.05, 0) is 30.3 Å². The van der Waals surface area contributed by atoms with Crippen LogP contribution in [-0.2, 0) is 12.6 Å². The highest BCUT2D eigenvalue weighted by Crippen LogP contribution is 2.39. The summed E-state index contributed by atoms with van der Waals surface area (Å²) in [6.07, 6.45) is -4.18. The van der Waals surface area contributed by atoms with Crippen LogP contribution in [0.1, 0.15) is 34.5 Å². The summed E-state index contributed by atoms with van der Waals surface area (Å²) in [5, 5.41) is 9.25. The average Bonchev–Trinajstić information content (AvgIpc) is 3.14. The number of benzene rings is 1. The number of nitrogens with zero attached hydrogens (tertiary/aromatic N) is 2. The number of rotatable bonds is 4. The summed E-state index contributed by atoms with van der Waals surface area (Å²) in [6, 6.07) is 6.69. The summed E-state index contributed by atoms with van der Waals surface area (Å²) in [4.78, 5) is 18.0. The number of fused-ring (bicyclic) bond motifs is 1. The highest BCUT2D eigenvalue weighted by Gasteiger charge is 2.36. The van der Waals surface area contributed by atoms with Crippen LogP contribution >= 0.6 is 0 Å². The van der Waals surface area contributed by atoms with Crippen molar-refractivity contribution < 1.29 is 36.3 Å². The first-order chi connectivity index (χ1) is 15.1. The van der Waals surface area contributed by atoms with Crippen molar-refractivity contribution in [2.75, 3.05) is 19.7 Å². The Bertz CT molecular complexity index is 1130. The SMILES string of the molecule is O=C(c1ccc(-c2cc(C(F)(F)F)c3oc(CCO)cc3c2)nc1)N1CCC(F)(F)CC1. The molecule has 1 aliphatic rings. The Morgan fingerprint density at radius 1 is 1.16 bits per heavy atom. The van der Waals surface area contributed by atoms with E-state index in [1.165, 1.54) is 35.4 Å². The number of piperidine rings is 1. The summed E-state index contributed by atoms with van der Waals surface area (Å²) in [7, 11) is 0. The summed E-state index contributed by atoms with van der Waals surface area (Å²) < 4.78 is 72.7. The number of alkyl halides is 5. The number of halogens is 5. The summed E-state index contributed by atoms with van der Waals surface area (Å²) in [5.74, 6) is -3.00. The Labute approximate surface area is 179 Å². The molecule has 1 aliphatic heterocycles. The number of amides is 1. The van der Waals surface area contributed by atoms with Crippen LogP contribution in [0.5, 0.6) is 0 Å². The van der Waals surface area contributed by atoms with Crippen molar-refractivity contribution in [1.82, 2.24) is 9.88 Å². The molecule has 1 fully saturated rings. The first kappa shape index (κ1) is 22.2. The van der Waals surface area contributed by atoms with Crippen molar-refractivity contribution in [1.29, 1.82) is 0 Å². The van der Waals surface area contributed by atoms with Crippen LogP contribution in [0, 0.1) is 0 Å². The van der Waals surface area contributed by atoms with Gasteiger partial charge in [0.15, 0.2) is 0 Å². The quantitative estimate of drug-likeness (QED) is 0.569. The standard InChI is InChI=1S/C22H19F5N2O3/c23-21(24)4-6-29(7-5-21)20(31)13-1-2-18(28-12-13)14-9-15-10-16(3-8-30)32-19(15)17(11-14)22(25,26)27/h1-2,9-12,30H,3-8H2. The van der Waals surface area contributed by atoms with E-state index < -0.39 is 36.4 Å². The Balaban J connectivity index is 1.63. The molecule has 0 spiro atoms. The molecule has 2 aromatic heterocycles. The van der Waals surface area contributed by atoms with Gasteiger partial charge >= 0.3 is 6.18 Å². The Morgan fingerprint density at radius 3 is 2.47 bits per heavy atom. The van der Waals surface area contributed by atoms with Gasteiger partial charge in [-0.2, -0.15) is 13.2 Å². The molecule has 0 aliphatic carbocycles. The zero-order chi connectivity index (χ0) is 23.1. The zero-order valence-corrected chi connectivity index (χ0v) is 16.8. The number of carbonyl (C=O) groups is 1. The largest absolute Gasteiger partial charge is 0.460 e. The van der Waals surface area contributed by atoms with E-state index in [1.54, 1.807) is 0 Å². The lowest BCUT2D eigenvalue weighted by Crippen LogP contribution is -2.42. The highest BCUT2D eigenvalue weighted by molar-refractivity contribution is 5.94.